The minimum atomic E-state index is -0.562. The third-order valence-electron chi connectivity index (χ3n) is 3.30. The molecule has 0 amide bonds. The number of ether oxygens (including phenoxy) is 1. The van der Waals surface area contributed by atoms with Crippen LogP contribution >= 0.6 is 0 Å². The number of nitrogens with one attached hydrogen (secondary N) is 1. The average molecular weight is 257 g/mol. The zero-order chi connectivity index (χ0) is 13.5. The van der Waals surface area contributed by atoms with Crippen LogP contribution in [-0.2, 0) is 10.3 Å². The maximum absolute atomic E-state index is 5.36. The Hall–Kier alpha value is -2.14. The maximum atomic E-state index is 5.36. The predicted molar refractivity (Wildman–Crippen MR) is 71.6 cm³/mol. The van der Waals surface area contributed by atoms with Crippen molar-refractivity contribution < 1.29 is 9.26 Å². The SMILES string of the molecule is COC(C)(C)c1noc(-c2cccc3[nH]ccc23)n1. The molecule has 0 aliphatic rings. The number of H-pyrrole nitrogens is 1. The van der Waals surface area contributed by atoms with Gasteiger partial charge in [-0.2, -0.15) is 4.98 Å². The van der Waals surface area contributed by atoms with E-state index >= 15 is 0 Å². The molecule has 1 N–H and O–H groups in total. The van der Waals surface area contributed by atoms with Crippen LogP contribution in [0.15, 0.2) is 35.0 Å². The van der Waals surface area contributed by atoms with E-state index < -0.39 is 5.60 Å². The zero-order valence-corrected chi connectivity index (χ0v) is 11.1. The molecular formula is C14H15N3O2. The van der Waals surface area contributed by atoms with Gasteiger partial charge in [-0.05, 0) is 32.0 Å². The molecule has 0 saturated carbocycles. The molecule has 98 valence electrons. The van der Waals surface area contributed by atoms with Gasteiger partial charge in [-0.15, -0.1) is 0 Å². The van der Waals surface area contributed by atoms with E-state index in [1.807, 2.05) is 44.3 Å². The van der Waals surface area contributed by atoms with E-state index in [2.05, 4.69) is 15.1 Å². The Morgan fingerprint density at radius 3 is 2.89 bits per heavy atom. The summed E-state index contributed by atoms with van der Waals surface area (Å²) in [6, 6.07) is 7.93. The Balaban J connectivity index is 2.10. The van der Waals surface area contributed by atoms with Crippen LogP contribution in [-0.4, -0.2) is 22.2 Å². The number of aromatic amines is 1. The number of fused-ring (bicyclic) bond motifs is 1. The fourth-order valence-electron chi connectivity index (χ4n) is 1.94. The van der Waals surface area contributed by atoms with Gasteiger partial charge in [0.2, 0.25) is 5.82 Å². The Labute approximate surface area is 110 Å². The summed E-state index contributed by atoms with van der Waals surface area (Å²) in [6.07, 6.45) is 1.89. The highest BCUT2D eigenvalue weighted by atomic mass is 16.5. The van der Waals surface area contributed by atoms with E-state index in [0.717, 1.165) is 16.5 Å². The van der Waals surface area contributed by atoms with Gasteiger partial charge in [-0.25, -0.2) is 0 Å². The highest BCUT2D eigenvalue weighted by Gasteiger charge is 2.26. The van der Waals surface area contributed by atoms with Crippen LogP contribution in [0.1, 0.15) is 19.7 Å². The maximum Gasteiger partial charge on any atom is 0.258 e. The first-order valence-corrected chi connectivity index (χ1v) is 6.07. The lowest BCUT2D eigenvalue weighted by atomic mass is 10.1. The van der Waals surface area contributed by atoms with E-state index in [1.54, 1.807) is 7.11 Å². The van der Waals surface area contributed by atoms with Crippen molar-refractivity contribution in [2.45, 2.75) is 19.4 Å². The van der Waals surface area contributed by atoms with Crippen molar-refractivity contribution in [1.29, 1.82) is 0 Å². The third kappa shape index (κ3) is 1.92. The van der Waals surface area contributed by atoms with Crippen molar-refractivity contribution in [2.75, 3.05) is 7.11 Å². The van der Waals surface area contributed by atoms with Crippen molar-refractivity contribution in [3.05, 3.63) is 36.3 Å². The van der Waals surface area contributed by atoms with Crippen LogP contribution < -0.4 is 0 Å². The quantitative estimate of drug-likeness (QED) is 0.783. The summed E-state index contributed by atoms with van der Waals surface area (Å²) < 4.78 is 10.7. The first-order chi connectivity index (χ1) is 9.12. The molecular weight excluding hydrogens is 242 g/mol. The lowest BCUT2D eigenvalue weighted by Gasteiger charge is -2.17. The molecule has 2 aromatic heterocycles. The molecule has 0 unspecified atom stereocenters. The molecule has 2 heterocycles. The number of benzene rings is 1. The second-order valence-electron chi connectivity index (χ2n) is 4.88. The molecule has 5 heteroatoms. The Morgan fingerprint density at radius 2 is 2.11 bits per heavy atom. The van der Waals surface area contributed by atoms with Crippen molar-refractivity contribution >= 4 is 10.9 Å². The van der Waals surface area contributed by atoms with Crippen molar-refractivity contribution in [1.82, 2.24) is 15.1 Å². The van der Waals surface area contributed by atoms with Gasteiger partial charge in [0.05, 0.1) is 0 Å². The second kappa shape index (κ2) is 4.20. The molecule has 0 fully saturated rings. The predicted octanol–water partition coefficient (Wildman–Crippen LogP) is 3.10. The molecule has 0 aliphatic heterocycles. The van der Waals surface area contributed by atoms with Gasteiger partial charge in [0, 0.05) is 29.8 Å². The molecule has 0 atom stereocenters. The molecule has 1 aromatic carbocycles. The Bertz CT molecular complexity index is 712. The summed E-state index contributed by atoms with van der Waals surface area (Å²) in [6.45, 7) is 3.80. The molecule has 3 rings (SSSR count). The minimum absolute atomic E-state index is 0.505. The summed E-state index contributed by atoms with van der Waals surface area (Å²) in [5.41, 5.74) is 1.40. The topological polar surface area (TPSA) is 63.9 Å². The summed E-state index contributed by atoms with van der Waals surface area (Å²) in [5.74, 6) is 1.04. The lowest BCUT2D eigenvalue weighted by molar-refractivity contribution is 0.00973. The monoisotopic (exact) mass is 257 g/mol. The van der Waals surface area contributed by atoms with Gasteiger partial charge in [0.15, 0.2) is 0 Å². The second-order valence-corrected chi connectivity index (χ2v) is 4.88. The molecule has 3 aromatic rings. The minimum Gasteiger partial charge on any atom is -0.371 e. The largest absolute Gasteiger partial charge is 0.371 e. The Morgan fingerprint density at radius 1 is 1.26 bits per heavy atom. The van der Waals surface area contributed by atoms with Crippen molar-refractivity contribution in [3.63, 3.8) is 0 Å². The summed E-state index contributed by atoms with van der Waals surface area (Å²) in [5, 5.41) is 5.07. The van der Waals surface area contributed by atoms with Crippen LogP contribution in [0.4, 0.5) is 0 Å². The fourth-order valence-corrected chi connectivity index (χ4v) is 1.94. The number of rotatable bonds is 3. The number of hydrogen-bond donors (Lipinski definition) is 1. The summed E-state index contributed by atoms with van der Waals surface area (Å²) in [4.78, 5) is 7.60. The highest BCUT2D eigenvalue weighted by molar-refractivity contribution is 5.92. The summed E-state index contributed by atoms with van der Waals surface area (Å²) >= 11 is 0. The lowest BCUT2D eigenvalue weighted by Crippen LogP contribution is -2.21. The number of aromatic nitrogens is 3. The van der Waals surface area contributed by atoms with E-state index in [0.29, 0.717) is 11.7 Å². The van der Waals surface area contributed by atoms with Crippen LogP contribution in [0.2, 0.25) is 0 Å². The average Bonchev–Trinajstić information content (AvgIpc) is 3.07. The van der Waals surface area contributed by atoms with Crippen LogP contribution in [0, 0.1) is 0 Å². The van der Waals surface area contributed by atoms with Gasteiger partial charge >= 0.3 is 0 Å². The van der Waals surface area contributed by atoms with Gasteiger partial charge < -0.3 is 14.2 Å². The molecule has 0 aliphatic carbocycles. The van der Waals surface area contributed by atoms with Crippen molar-refractivity contribution in [3.8, 4) is 11.5 Å². The fraction of sp³-hybridized carbons (Fsp3) is 0.286. The van der Waals surface area contributed by atoms with Gasteiger partial charge in [0.1, 0.15) is 5.60 Å². The highest BCUT2D eigenvalue weighted by Crippen LogP contribution is 2.29. The van der Waals surface area contributed by atoms with Crippen LogP contribution in [0.25, 0.3) is 22.4 Å². The first kappa shape index (κ1) is 11.9. The standard InChI is InChI=1S/C14H15N3O2/c1-14(2,18-3)13-16-12(19-17-13)10-5-4-6-11-9(10)7-8-15-11/h4-8,15H,1-3H3. The number of nitrogens with zero attached hydrogens (tertiary/aromatic N) is 2. The molecule has 5 nitrogen and oxygen atoms in total. The van der Waals surface area contributed by atoms with Gasteiger partial charge in [-0.1, -0.05) is 11.2 Å². The third-order valence-corrected chi connectivity index (χ3v) is 3.30. The van der Waals surface area contributed by atoms with Crippen LogP contribution in [0.5, 0.6) is 0 Å². The Kier molecular flexibility index (Phi) is 2.64. The van der Waals surface area contributed by atoms with Gasteiger partial charge in [-0.3, -0.25) is 0 Å². The molecule has 19 heavy (non-hydrogen) atoms. The first-order valence-electron chi connectivity index (χ1n) is 6.07. The number of methoxy groups -OCH3 is 1. The molecule has 0 bridgehead atoms. The summed E-state index contributed by atoms with van der Waals surface area (Å²) in [7, 11) is 1.63. The van der Waals surface area contributed by atoms with E-state index in [1.165, 1.54) is 0 Å². The molecule has 0 saturated heterocycles. The van der Waals surface area contributed by atoms with Crippen LogP contribution in [0.3, 0.4) is 0 Å². The van der Waals surface area contributed by atoms with Gasteiger partial charge in [0.25, 0.3) is 5.89 Å². The van der Waals surface area contributed by atoms with E-state index in [9.17, 15) is 0 Å². The van der Waals surface area contributed by atoms with E-state index in [-0.39, 0.29) is 0 Å². The normalized spacial score (nSPS) is 12.2. The molecule has 0 spiro atoms. The van der Waals surface area contributed by atoms with Crippen molar-refractivity contribution in [2.24, 2.45) is 0 Å². The molecule has 0 radical (unpaired) electrons. The smallest absolute Gasteiger partial charge is 0.258 e. The zero-order valence-electron chi connectivity index (χ0n) is 11.1. The van der Waals surface area contributed by atoms with E-state index in [4.69, 9.17) is 9.26 Å². The number of hydrogen-bond acceptors (Lipinski definition) is 4.